The summed E-state index contributed by atoms with van der Waals surface area (Å²) in [6.45, 7) is 4.01. The average molecular weight is 242 g/mol. The maximum atomic E-state index is 12.5. The van der Waals surface area contributed by atoms with E-state index in [0.29, 0.717) is 5.92 Å². The van der Waals surface area contributed by atoms with E-state index < -0.39 is 0 Å². The Labute approximate surface area is 107 Å². The molecule has 0 aliphatic carbocycles. The molecule has 3 rings (SSSR count). The van der Waals surface area contributed by atoms with Crippen LogP contribution in [0.15, 0.2) is 30.5 Å². The predicted octanol–water partition coefficient (Wildman–Crippen LogP) is 3.04. The highest BCUT2D eigenvalue weighted by molar-refractivity contribution is 6.06. The molecule has 0 bridgehead atoms. The molecule has 18 heavy (non-hydrogen) atoms. The fraction of sp³-hybridized carbons (Fsp3) is 0.400. The number of nitrogens with zero attached hydrogens (tertiary/aromatic N) is 1. The number of para-hydroxylation sites is 1. The molecule has 1 N–H and O–H groups in total. The quantitative estimate of drug-likeness (QED) is 0.863. The summed E-state index contributed by atoms with van der Waals surface area (Å²) < 4.78 is 0. The summed E-state index contributed by atoms with van der Waals surface area (Å²) in [6, 6.07) is 7.97. The molecule has 3 heteroatoms. The minimum absolute atomic E-state index is 0.170. The van der Waals surface area contributed by atoms with Gasteiger partial charge in [-0.3, -0.25) is 4.79 Å². The molecule has 1 fully saturated rings. The van der Waals surface area contributed by atoms with Crippen molar-refractivity contribution < 1.29 is 4.79 Å². The zero-order chi connectivity index (χ0) is 12.5. The molecule has 0 saturated carbocycles. The Balaban J connectivity index is 1.89. The molecule has 1 aliphatic heterocycles. The summed E-state index contributed by atoms with van der Waals surface area (Å²) in [5, 5.41) is 1.03. The Hall–Kier alpha value is -1.77. The average Bonchev–Trinajstić information content (AvgIpc) is 3.04. The summed E-state index contributed by atoms with van der Waals surface area (Å²) in [6.07, 6.45) is 4.15. The maximum Gasteiger partial charge on any atom is 0.256 e. The van der Waals surface area contributed by atoms with Gasteiger partial charge in [0.15, 0.2) is 0 Å². The lowest BCUT2D eigenvalue weighted by atomic mass is 10.1. The van der Waals surface area contributed by atoms with Crippen LogP contribution in [0.25, 0.3) is 10.9 Å². The minimum Gasteiger partial charge on any atom is -0.360 e. The number of carbonyl (C=O) groups excluding carboxylic acids is 1. The molecule has 0 spiro atoms. The number of aromatic nitrogens is 1. The Bertz CT molecular complexity index is 573. The van der Waals surface area contributed by atoms with Crippen molar-refractivity contribution in [3.8, 4) is 0 Å². The number of amides is 1. The van der Waals surface area contributed by atoms with Gasteiger partial charge < -0.3 is 9.88 Å². The second kappa shape index (κ2) is 4.48. The van der Waals surface area contributed by atoms with Crippen LogP contribution in [-0.2, 0) is 0 Å². The molecule has 0 radical (unpaired) electrons. The molecule has 1 aromatic heterocycles. The van der Waals surface area contributed by atoms with Gasteiger partial charge in [0, 0.05) is 30.2 Å². The zero-order valence-corrected chi connectivity index (χ0v) is 10.6. The van der Waals surface area contributed by atoms with Crippen molar-refractivity contribution in [3.63, 3.8) is 0 Å². The first-order valence-electron chi connectivity index (χ1n) is 6.65. The highest BCUT2D eigenvalue weighted by Crippen LogP contribution is 2.24. The van der Waals surface area contributed by atoms with E-state index >= 15 is 0 Å². The second-order valence-electron chi connectivity index (χ2n) is 5.06. The van der Waals surface area contributed by atoms with E-state index in [1.54, 1.807) is 0 Å². The summed E-state index contributed by atoms with van der Waals surface area (Å²) in [5.41, 5.74) is 1.84. The highest BCUT2D eigenvalue weighted by atomic mass is 16.2. The van der Waals surface area contributed by atoms with Gasteiger partial charge in [-0.05, 0) is 18.4 Å². The molecule has 94 valence electrons. The van der Waals surface area contributed by atoms with Crippen LogP contribution in [-0.4, -0.2) is 28.9 Å². The van der Waals surface area contributed by atoms with Gasteiger partial charge in [0.05, 0.1) is 5.56 Å². The van der Waals surface area contributed by atoms with Crippen LogP contribution >= 0.6 is 0 Å². The van der Waals surface area contributed by atoms with E-state index in [4.69, 9.17) is 0 Å². The third-order valence-corrected chi connectivity index (χ3v) is 3.97. The van der Waals surface area contributed by atoms with Crippen molar-refractivity contribution in [3.05, 3.63) is 36.0 Å². The molecule has 1 atom stereocenters. The van der Waals surface area contributed by atoms with Gasteiger partial charge in [0.25, 0.3) is 5.91 Å². The molecule has 2 heterocycles. The van der Waals surface area contributed by atoms with Crippen molar-refractivity contribution >= 4 is 16.8 Å². The van der Waals surface area contributed by atoms with Crippen molar-refractivity contribution in [2.45, 2.75) is 19.8 Å². The van der Waals surface area contributed by atoms with Crippen molar-refractivity contribution in [2.75, 3.05) is 13.1 Å². The fourth-order valence-electron chi connectivity index (χ4n) is 2.77. The monoisotopic (exact) mass is 242 g/mol. The van der Waals surface area contributed by atoms with Gasteiger partial charge in [-0.25, -0.2) is 0 Å². The number of likely N-dealkylation sites (tertiary alicyclic amines) is 1. The van der Waals surface area contributed by atoms with Crippen LogP contribution in [0.5, 0.6) is 0 Å². The van der Waals surface area contributed by atoms with E-state index in [1.165, 1.54) is 0 Å². The Morgan fingerprint density at radius 1 is 1.44 bits per heavy atom. The molecule has 1 amide bonds. The zero-order valence-electron chi connectivity index (χ0n) is 10.6. The molecular weight excluding hydrogens is 224 g/mol. The normalized spacial score (nSPS) is 19.6. The number of aromatic amines is 1. The molecular formula is C15H18N2O. The number of carbonyl (C=O) groups is 1. The minimum atomic E-state index is 0.170. The third kappa shape index (κ3) is 1.80. The summed E-state index contributed by atoms with van der Waals surface area (Å²) in [5.74, 6) is 0.850. The number of H-pyrrole nitrogens is 1. The number of rotatable bonds is 2. The highest BCUT2D eigenvalue weighted by Gasteiger charge is 2.26. The summed E-state index contributed by atoms with van der Waals surface area (Å²) in [7, 11) is 0. The lowest BCUT2D eigenvalue weighted by molar-refractivity contribution is 0.0789. The Kier molecular flexibility index (Phi) is 2.82. The van der Waals surface area contributed by atoms with Gasteiger partial charge in [-0.2, -0.15) is 0 Å². The lowest BCUT2D eigenvalue weighted by Crippen LogP contribution is -2.28. The van der Waals surface area contributed by atoms with Gasteiger partial charge in [-0.1, -0.05) is 31.5 Å². The molecule has 1 saturated heterocycles. The van der Waals surface area contributed by atoms with Crippen LogP contribution in [0.2, 0.25) is 0 Å². The van der Waals surface area contributed by atoms with E-state index in [0.717, 1.165) is 42.4 Å². The van der Waals surface area contributed by atoms with Crippen molar-refractivity contribution in [1.82, 2.24) is 9.88 Å². The number of fused-ring (bicyclic) bond motifs is 1. The number of hydrogen-bond donors (Lipinski definition) is 1. The van der Waals surface area contributed by atoms with Crippen molar-refractivity contribution in [1.29, 1.82) is 0 Å². The third-order valence-electron chi connectivity index (χ3n) is 3.97. The van der Waals surface area contributed by atoms with E-state index in [-0.39, 0.29) is 5.91 Å². The number of nitrogens with one attached hydrogen (secondary N) is 1. The topological polar surface area (TPSA) is 36.1 Å². The molecule has 1 aliphatic rings. The molecule has 2 aromatic rings. The summed E-state index contributed by atoms with van der Waals surface area (Å²) >= 11 is 0. The number of hydrogen-bond acceptors (Lipinski definition) is 1. The van der Waals surface area contributed by atoms with Crippen LogP contribution < -0.4 is 0 Å². The van der Waals surface area contributed by atoms with E-state index in [9.17, 15) is 4.79 Å². The van der Waals surface area contributed by atoms with Crippen LogP contribution in [0.4, 0.5) is 0 Å². The van der Waals surface area contributed by atoms with E-state index in [1.807, 2.05) is 35.4 Å². The first-order chi connectivity index (χ1) is 8.79. The Morgan fingerprint density at radius 3 is 3.06 bits per heavy atom. The standard InChI is InChI=1S/C15H18N2O/c1-2-11-7-8-17(10-11)15(18)13-9-16-14-6-4-3-5-12(13)14/h3-6,9,11,16H,2,7-8,10H2,1H3. The fourth-order valence-corrected chi connectivity index (χ4v) is 2.77. The molecule has 3 nitrogen and oxygen atoms in total. The van der Waals surface area contributed by atoms with Crippen LogP contribution in [0.3, 0.4) is 0 Å². The van der Waals surface area contributed by atoms with Crippen molar-refractivity contribution in [2.24, 2.45) is 5.92 Å². The van der Waals surface area contributed by atoms with Crippen LogP contribution in [0.1, 0.15) is 30.1 Å². The van der Waals surface area contributed by atoms with E-state index in [2.05, 4.69) is 11.9 Å². The first kappa shape index (κ1) is 11.3. The summed E-state index contributed by atoms with van der Waals surface area (Å²) in [4.78, 5) is 17.6. The van der Waals surface area contributed by atoms with Gasteiger partial charge in [0.1, 0.15) is 0 Å². The smallest absolute Gasteiger partial charge is 0.256 e. The molecule has 1 aromatic carbocycles. The Morgan fingerprint density at radius 2 is 2.28 bits per heavy atom. The maximum absolute atomic E-state index is 12.5. The van der Waals surface area contributed by atoms with Gasteiger partial charge in [0.2, 0.25) is 0 Å². The van der Waals surface area contributed by atoms with Gasteiger partial charge in [-0.15, -0.1) is 0 Å². The second-order valence-corrected chi connectivity index (χ2v) is 5.06. The first-order valence-corrected chi connectivity index (χ1v) is 6.65. The van der Waals surface area contributed by atoms with Crippen LogP contribution in [0, 0.1) is 5.92 Å². The lowest BCUT2D eigenvalue weighted by Gasteiger charge is -2.15. The predicted molar refractivity (Wildman–Crippen MR) is 72.6 cm³/mol. The SMILES string of the molecule is CCC1CCN(C(=O)c2c[nH]c3ccccc23)C1. The van der Waals surface area contributed by atoms with Gasteiger partial charge >= 0.3 is 0 Å². The molecule has 1 unspecified atom stereocenters. The largest absolute Gasteiger partial charge is 0.360 e. The number of benzene rings is 1.